The molecule has 0 bridgehead atoms. The zero-order valence-electron chi connectivity index (χ0n) is 13.0. The number of nitrogens with one attached hydrogen (secondary N) is 1. The van der Waals surface area contributed by atoms with E-state index in [1.54, 1.807) is 0 Å². The van der Waals surface area contributed by atoms with Crippen LogP contribution in [0.2, 0.25) is 0 Å². The summed E-state index contributed by atoms with van der Waals surface area (Å²) in [6.07, 6.45) is 4.47. The summed E-state index contributed by atoms with van der Waals surface area (Å²) >= 11 is 0. The van der Waals surface area contributed by atoms with Gasteiger partial charge in [-0.25, -0.2) is 0 Å². The summed E-state index contributed by atoms with van der Waals surface area (Å²) < 4.78 is 1.91. The predicted molar refractivity (Wildman–Crippen MR) is 85.3 cm³/mol. The van der Waals surface area contributed by atoms with Gasteiger partial charge in [0.1, 0.15) is 0 Å². The second kappa shape index (κ2) is 5.78. The SMILES string of the molecule is CCNC1CCC(O)(Cc2nn(C)c3ccccc23)CC1. The lowest BCUT2D eigenvalue weighted by atomic mass is 9.79. The average Bonchev–Trinajstić information content (AvgIpc) is 2.79. The van der Waals surface area contributed by atoms with Gasteiger partial charge in [0.15, 0.2) is 0 Å². The molecular formula is C17H25N3O. The Morgan fingerprint density at radius 3 is 2.76 bits per heavy atom. The minimum Gasteiger partial charge on any atom is -0.389 e. The summed E-state index contributed by atoms with van der Waals surface area (Å²) in [6.45, 7) is 3.15. The van der Waals surface area contributed by atoms with Crippen LogP contribution in [0.3, 0.4) is 0 Å². The Kier molecular flexibility index (Phi) is 4.00. The van der Waals surface area contributed by atoms with Gasteiger partial charge in [0.05, 0.1) is 16.8 Å². The van der Waals surface area contributed by atoms with Crippen molar-refractivity contribution < 1.29 is 5.11 Å². The second-order valence-corrected chi connectivity index (χ2v) is 6.32. The molecule has 4 nitrogen and oxygen atoms in total. The Morgan fingerprint density at radius 2 is 2.05 bits per heavy atom. The summed E-state index contributed by atoms with van der Waals surface area (Å²) in [5, 5.41) is 20.2. The monoisotopic (exact) mass is 287 g/mol. The molecule has 1 heterocycles. The van der Waals surface area contributed by atoms with Crippen LogP contribution < -0.4 is 5.32 Å². The number of aliphatic hydroxyl groups is 1. The first kappa shape index (κ1) is 14.5. The summed E-state index contributed by atoms with van der Waals surface area (Å²) in [7, 11) is 1.97. The first-order valence-corrected chi connectivity index (χ1v) is 7.98. The van der Waals surface area contributed by atoms with Gasteiger partial charge in [-0.2, -0.15) is 5.10 Å². The van der Waals surface area contributed by atoms with Crippen LogP contribution in [0.5, 0.6) is 0 Å². The smallest absolute Gasteiger partial charge is 0.0731 e. The molecule has 3 rings (SSSR count). The molecule has 2 aromatic rings. The summed E-state index contributed by atoms with van der Waals surface area (Å²) in [4.78, 5) is 0. The van der Waals surface area contributed by atoms with Crippen molar-refractivity contribution in [2.24, 2.45) is 7.05 Å². The summed E-state index contributed by atoms with van der Waals surface area (Å²) in [5.74, 6) is 0. The molecule has 1 aromatic carbocycles. The maximum atomic E-state index is 10.9. The molecule has 4 heteroatoms. The molecule has 1 aliphatic carbocycles. The number of rotatable bonds is 4. The number of aromatic nitrogens is 2. The van der Waals surface area contributed by atoms with Crippen LogP contribution in [0.25, 0.3) is 10.9 Å². The molecule has 0 amide bonds. The van der Waals surface area contributed by atoms with Crippen LogP contribution >= 0.6 is 0 Å². The van der Waals surface area contributed by atoms with E-state index in [0.717, 1.165) is 43.4 Å². The topological polar surface area (TPSA) is 50.1 Å². The van der Waals surface area contributed by atoms with E-state index in [-0.39, 0.29) is 0 Å². The third-order valence-electron chi connectivity index (χ3n) is 4.74. The molecule has 1 fully saturated rings. The molecule has 2 N–H and O–H groups in total. The molecule has 0 aliphatic heterocycles. The van der Waals surface area contributed by atoms with E-state index in [4.69, 9.17) is 0 Å². The van der Waals surface area contributed by atoms with E-state index in [0.29, 0.717) is 12.5 Å². The Hall–Kier alpha value is -1.39. The fraction of sp³-hybridized carbons (Fsp3) is 0.588. The molecule has 1 aliphatic rings. The van der Waals surface area contributed by atoms with Gasteiger partial charge in [-0.3, -0.25) is 4.68 Å². The van der Waals surface area contributed by atoms with Crippen LogP contribution in [0, 0.1) is 0 Å². The summed E-state index contributed by atoms with van der Waals surface area (Å²) in [5.41, 5.74) is 1.57. The molecule has 1 saturated carbocycles. The standard InChI is InChI=1S/C17H25N3O/c1-3-18-13-8-10-17(21,11-9-13)12-15-14-6-4-5-7-16(14)20(2)19-15/h4-7,13,18,21H,3,8-12H2,1-2H3. The van der Waals surface area contributed by atoms with Gasteiger partial charge in [0.2, 0.25) is 0 Å². The molecule has 0 saturated heterocycles. The van der Waals surface area contributed by atoms with Crippen LogP contribution in [-0.2, 0) is 13.5 Å². The molecule has 1 aromatic heterocycles. The summed E-state index contributed by atoms with van der Waals surface area (Å²) in [6, 6.07) is 8.82. The van der Waals surface area contributed by atoms with Crippen LogP contribution in [0.1, 0.15) is 38.3 Å². The van der Waals surface area contributed by atoms with Gasteiger partial charge >= 0.3 is 0 Å². The highest BCUT2D eigenvalue weighted by Crippen LogP contribution is 2.33. The predicted octanol–water partition coefficient (Wildman–Crippen LogP) is 2.40. The normalized spacial score (nSPS) is 26.3. The van der Waals surface area contributed by atoms with E-state index in [1.807, 2.05) is 23.9 Å². The quantitative estimate of drug-likeness (QED) is 0.908. The van der Waals surface area contributed by atoms with Crippen molar-refractivity contribution in [3.63, 3.8) is 0 Å². The second-order valence-electron chi connectivity index (χ2n) is 6.32. The van der Waals surface area contributed by atoms with Crippen molar-refractivity contribution in [1.29, 1.82) is 0 Å². The number of aryl methyl sites for hydroxylation is 1. The minimum atomic E-state index is -0.594. The number of hydrogen-bond acceptors (Lipinski definition) is 3. The molecular weight excluding hydrogens is 262 g/mol. The van der Waals surface area contributed by atoms with Crippen LogP contribution in [-0.4, -0.2) is 33.1 Å². The van der Waals surface area contributed by atoms with Gasteiger partial charge in [-0.05, 0) is 38.3 Å². The number of hydrogen-bond donors (Lipinski definition) is 2. The van der Waals surface area contributed by atoms with Crippen molar-refractivity contribution >= 4 is 10.9 Å². The zero-order valence-corrected chi connectivity index (χ0v) is 13.0. The fourth-order valence-electron chi connectivity index (χ4n) is 3.56. The van der Waals surface area contributed by atoms with Gasteiger partial charge in [0, 0.05) is 24.9 Å². The molecule has 0 atom stereocenters. The highest BCUT2D eigenvalue weighted by atomic mass is 16.3. The van der Waals surface area contributed by atoms with Crippen molar-refractivity contribution in [1.82, 2.24) is 15.1 Å². The lowest BCUT2D eigenvalue weighted by Crippen LogP contribution is -2.42. The van der Waals surface area contributed by atoms with Gasteiger partial charge in [-0.1, -0.05) is 25.1 Å². The molecule has 0 unspecified atom stereocenters. The van der Waals surface area contributed by atoms with Crippen molar-refractivity contribution in [3.8, 4) is 0 Å². The molecule has 0 spiro atoms. The van der Waals surface area contributed by atoms with Crippen LogP contribution in [0.4, 0.5) is 0 Å². The van der Waals surface area contributed by atoms with E-state index in [1.165, 1.54) is 5.39 Å². The number of benzene rings is 1. The Labute approximate surface area is 126 Å². The maximum Gasteiger partial charge on any atom is 0.0731 e. The largest absolute Gasteiger partial charge is 0.389 e. The average molecular weight is 287 g/mol. The van der Waals surface area contributed by atoms with E-state index in [9.17, 15) is 5.11 Å². The highest BCUT2D eigenvalue weighted by Gasteiger charge is 2.34. The Bertz CT molecular complexity index is 612. The first-order chi connectivity index (χ1) is 10.1. The lowest BCUT2D eigenvalue weighted by molar-refractivity contribution is -0.00356. The number of fused-ring (bicyclic) bond motifs is 1. The Balaban J connectivity index is 1.76. The van der Waals surface area contributed by atoms with E-state index in [2.05, 4.69) is 29.5 Å². The number of nitrogens with zero attached hydrogens (tertiary/aromatic N) is 2. The van der Waals surface area contributed by atoms with E-state index < -0.39 is 5.60 Å². The number of para-hydroxylation sites is 1. The highest BCUT2D eigenvalue weighted by molar-refractivity contribution is 5.81. The van der Waals surface area contributed by atoms with Crippen molar-refractivity contribution in [3.05, 3.63) is 30.0 Å². The third-order valence-corrected chi connectivity index (χ3v) is 4.74. The fourth-order valence-corrected chi connectivity index (χ4v) is 3.56. The zero-order chi connectivity index (χ0) is 14.9. The first-order valence-electron chi connectivity index (χ1n) is 7.98. The third kappa shape index (κ3) is 2.97. The molecule has 0 radical (unpaired) electrons. The van der Waals surface area contributed by atoms with Crippen molar-refractivity contribution in [2.45, 2.75) is 50.7 Å². The Morgan fingerprint density at radius 1 is 1.33 bits per heavy atom. The van der Waals surface area contributed by atoms with Crippen molar-refractivity contribution in [2.75, 3.05) is 6.54 Å². The lowest BCUT2D eigenvalue weighted by Gasteiger charge is -2.36. The maximum absolute atomic E-state index is 10.9. The van der Waals surface area contributed by atoms with Gasteiger partial charge in [0.25, 0.3) is 0 Å². The van der Waals surface area contributed by atoms with Gasteiger partial charge in [-0.15, -0.1) is 0 Å². The molecule has 114 valence electrons. The minimum absolute atomic E-state index is 0.566. The van der Waals surface area contributed by atoms with Crippen LogP contribution in [0.15, 0.2) is 24.3 Å². The van der Waals surface area contributed by atoms with E-state index >= 15 is 0 Å². The van der Waals surface area contributed by atoms with Gasteiger partial charge < -0.3 is 10.4 Å². The molecule has 21 heavy (non-hydrogen) atoms.